The molecule has 0 radical (unpaired) electrons. The summed E-state index contributed by atoms with van der Waals surface area (Å²) in [6, 6.07) is 18.8. The summed E-state index contributed by atoms with van der Waals surface area (Å²) in [5, 5.41) is 9.34. The zero-order valence-corrected chi connectivity index (χ0v) is 16.4. The number of hydrogen-bond donors (Lipinski definition) is 3. The topological polar surface area (TPSA) is 87.9 Å². The number of carbonyl (C=O) groups is 1. The van der Waals surface area contributed by atoms with Crippen LogP contribution in [0.1, 0.15) is 21.7 Å². The first kappa shape index (κ1) is 20.0. The SMILES string of the molecule is CN=C(NCc1ccc(NC(=O)c2ccco2)cc1)NCc1cccc(OC)c1. The van der Waals surface area contributed by atoms with Gasteiger partial charge in [0.15, 0.2) is 11.7 Å². The van der Waals surface area contributed by atoms with E-state index in [4.69, 9.17) is 9.15 Å². The van der Waals surface area contributed by atoms with Crippen molar-refractivity contribution in [2.75, 3.05) is 19.5 Å². The van der Waals surface area contributed by atoms with Crippen LogP contribution in [0.3, 0.4) is 0 Å². The highest BCUT2D eigenvalue weighted by Gasteiger charge is 2.08. The highest BCUT2D eigenvalue weighted by Crippen LogP contribution is 2.13. The van der Waals surface area contributed by atoms with Crippen LogP contribution < -0.4 is 20.7 Å². The minimum atomic E-state index is -0.275. The molecule has 0 aliphatic carbocycles. The molecule has 0 fully saturated rings. The Kier molecular flexibility index (Phi) is 6.89. The Balaban J connectivity index is 1.48. The minimum absolute atomic E-state index is 0.275. The monoisotopic (exact) mass is 392 g/mol. The van der Waals surface area contributed by atoms with E-state index in [1.807, 2.05) is 48.5 Å². The summed E-state index contributed by atoms with van der Waals surface area (Å²) < 4.78 is 10.3. The Morgan fingerprint density at radius 1 is 1.00 bits per heavy atom. The van der Waals surface area contributed by atoms with Gasteiger partial charge in [0.25, 0.3) is 5.91 Å². The predicted octanol–water partition coefficient (Wildman–Crippen LogP) is 3.41. The van der Waals surface area contributed by atoms with Crippen LogP contribution in [0.15, 0.2) is 76.3 Å². The van der Waals surface area contributed by atoms with Crippen molar-refractivity contribution in [3.63, 3.8) is 0 Å². The smallest absolute Gasteiger partial charge is 0.291 e. The van der Waals surface area contributed by atoms with Gasteiger partial charge in [0.1, 0.15) is 5.75 Å². The summed E-state index contributed by atoms with van der Waals surface area (Å²) in [4.78, 5) is 16.2. The van der Waals surface area contributed by atoms with Crippen molar-refractivity contribution >= 4 is 17.6 Å². The summed E-state index contributed by atoms with van der Waals surface area (Å²) in [6.45, 7) is 1.23. The lowest BCUT2D eigenvalue weighted by Crippen LogP contribution is -2.36. The number of guanidine groups is 1. The maximum Gasteiger partial charge on any atom is 0.291 e. The number of amides is 1. The molecule has 3 rings (SSSR count). The number of furan rings is 1. The van der Waals surface area contributed by atoms with Crippen LogP contribution in [-0.2, 0) is 13.1 Å². The Labute approximate surface area is 169 Å². The quantitative estimate of drug-likeness (QED) is 0.424. The van der Waals surface area contributed by atoms with Crippen molar-refractivity contribution < 1.29 is 13.9 Å². The molecule has 1 aromatic heterocycles. The molecule has 7 nitrogen and oxygen atoms in total. The fourth-order valence-corrected chi connectivity index (χ4v) is 2.68. The molecule has 0 unspecified atom stereocenters. The standard InChI is InChI=1S/C22H24N4O3/c1-23-22(25-15-17-5-3-6-19(13-17)28-2)24-14-16-8-10-18(11-9-16)26-21(27)20-7-4-12-29-20/h3-13H,14-15H2,1-2H3,(H,26,27)(H2,23,24,25). The number of nitrogens with one attached hydrogen (secondary N) is 3. The van der Waals surface area contributed by atoms with E-state index >= 15 is 0 Å². The van der Waals surface area contributed by atoms with Gasteiger partial charge in [0.05, 0.1) is 13.4 Å². The molecule has 0 aliphatic rings. The van der Waals surface area contributed by atoms with Crippen molar-refractivity contribution in [1.29, 1.82) is 0 Å². The Bertz CT molecular complexity index is 950. The summed E-state index contributed by atoms with van der Waals surface area (Å²) in [6.07, 6.45) is 1.47. The van der Waals surface area contributed by atoms with Crippen LogP contribution in [0, 0.1) is 0 Å². The summed E-state index contributed by atoms with van der Waals surface area (Å²) >= 11 is 0. The van der Waals surface area contributed by atoms with Gasteiger partial charge < -0.3 is 25.1 Å². The number of ether oxygens (including phenoxy) is 1. The number of benzene rings is 2. The van der Waals surface area contributed by atoms with Crippen LogP contribution >= 0.6 is 0 Å². The molecular weight excluding hydrogens is 368 g/mol. The molecule has 0 spiro atoms. The van der Waals surface area contributed by atoms with Crippen molar-refractivity contribution in [3.05, 3.63) is 83.8 Å². The molecular formula is C22H24N4O3. The van der Waals surface area contributed by atoms with E-state index in [1.54, 1.807) is 26.3 Å². The number of nitrogens with zero attached hydrogens (tertiary/aromatic N) is 1. The average Bonchev–Trinajstić information content (AvgIpc) is 3.30. The van der Waals surface area contributed by atoms with Crippen molar-refractivity contribution in [2.45, 2.75) is 13.1 Å². The third-order valence-electron chi connectivity index (χ3n) is 4.23. The average molecular weight is 392 g/mol. The number of methoxy groups -OCH3 is 1. The molecule has 1 heterocycles. The second-order valence-corrected chi connectivity index (χ2v) is 6.26. The molecule has 3 aromatic rings. The van der Waals surface area contributed by atoms with Crippen LogP contribution in [0.2, 0.25) is 0 Å². The van der Waals surface area contributed by atoms with Gasteiger partial charge in [0, 0.05) is 25.8 Å². The third kappa shape index (κ3) is 5.87. The van der Waals surface area contributed by atoms with E-state index in [0.29, 0.717) is 24.7 Å². The second-order valence-electron chi connectivity index (χ2n) is 6.26. The lowest BCUT2D eigenvalue weighted by Gasteiger charge is -2.13. The van der Waals surface area contributed by atoms with Crippen LogP contribution in [-0.4, -0.2) is 26.0 Å². The van der Waals surface area contributed by atoms with Gasteiger partial charge in [-0.15, -0.1) is 0 Å². The van der Waals surface area contributed by atoms with Gasteiger partial charge in [-0.3, -0.25) is 9.79 Å². The first-order valence-electron chi connectivity index (χ1n) is 9.19. The van der Waals surface area contributed by atoms with E-state index in [9.17, 15) is 4.79 Å². The molecule has 29 heavy (non-hydrogen) atoms. The number of hydrogen-bond acceptors (Lipinski definition) is 4. The van der Waals surface area contributed by atoms with Crippen molar-refractivity contribution in [3.8, 4) is 5.75 Å². The number of carbonyl (C=O) groups excluding carboxylic acids is 1. The molecule has 2 aromatic carbocycles. The normalized spacial score (nSPS) is 11.0. The lowest BCUT2D eigenvalue weighted by molar-refractivity contribution is 0.0996. The van der Waals surface area contributed by atoms with Crippen molar-refractivity contribution in [1.82, 2.24) is 10.6 Å². The van der Waals surface area contributed by atoms with E-state index in [2.05, 4.69) is 20.9 Å². The van der Waals surface area contributed by atoms with Gasteiger partial charge in [-0.1, -0.05) is 24.3 Å². The molecule has 0 saturated heterocycles. The van der Waals surface area contributed by atoms with Crippen molar-refractivity contribution in [2.24, 2.45) is 4.99 Å². The van der Waals surface area contributed by atoms with Crippen LogP contribution in [0.4, 0.5) is 5.69 Å². The Morgan fingerprint density at radius 3 is 2.41 bits per heavy atom. The fourth-order valence-electron chi connectivity index (χ4n) is 2.68. The third-order valence-corrected chi connectivity index (χ3v) is 4.23. The molecule has 7 heteroatoms. The predicted molar refractivity (Wildman–Crippen MR) is 113 cm³/mol. The minimum Gasteiger partial charge on any atom is -0.497 e. The largest absolute Gasteiger partial charge is 0.497 e. The number of aliphatic imine (C=N–C) groups is 1. The molecule has 3 N–H and O–H groups in total. The van der Waals surface area contributed by atoms with E-state index < -0.39 is 0 Å². The van der Waals surface area contributed by atoms with E-state index in [-0.39, 0.29) is 11.7 Å². The van der Waals surface area contributed by atoms with Gasteiger partial charge in [-0.05, 0) is 47.5 Å². The van der Waals surface area contributed by atoms with Gasteiger partial charge in [-0.2, -0.15) is 0 Å². The molecule has 0 aliphatic heterocycles. The first-order chi connectivity index (χ1) is 14.2. The molecule has 1 amide bonds. The van der Waals surface area contributed by atoms with Gasteiger partial charge in [0.2, 0.25) is 0 Å². The van der Waals surface area contributed by atoms with E-state index in [0.717, 1.165) is 16.9 Å². The second kappa shape index (κ2) is 9.98. The fraction of sp³-hybridized carbons (Fsp3) is 0.182. The Hall–Kier alpha value is -3.74. The lowest BCUT2D eigenvalue weighted by atomic mass is 10.2. The molecule has 0 atom stereocenters. The maximum absolute atomic E-state index is 12.0. The maximum atomic E-state index is 12.0. The zero-order chi connectivity index (χ0) is 20.5. The summed E-state index contributed by atoms with van der Waals surface area (Å²) in [7, 11) is 3.38. The summed E-state index contributed by atoms with van der Waals surface area (Å²) in [5.41, 5.74) is 2.87. The molecule has 0 bridgehead atoms. The molecule has 150 valence electrons. The Morgan fingerprint density at radius 2 is 1.76 bits per heavy atom. The zero-order valence-electron chi connectivity index (χ0n) is 16.4. The first-order valence-corrected chi connectivity index (χ1v) is 9.19. The number of rotatable bonds is 7. The highest BCUT2D eigenvalue weighted by atomic mass is 16.5. The number of anilines is 1. The van der Waals surface area contributed by atoms with Gasteiger partial charge in [-0.25, -0.2) is 0 Å². The summed E-state index contributed by atoms with van der Waals surface area (Å²) in [5.74, 6) is 1.53. The highest BCUT2D eigenvalue weighted by molar-refractivity contribution is 6.02. The van der Waals surface area contributed by atoms with E-state index in [1.165, 1.54) is 6.26 Å². The van der Waals surface area contributed by atoms with Gasteiger partial charge >= 0.3 is 0 Å². The van der Waals surface area contributed by atoms with Crippen LogP contribution in [0.25, 0.3) is 0 Å². The molecule has 0 saturated carbocycles. The van der Waals surface area contributed by atoms with Crippen LogP contribution in [0.5, 0.6) is 5.75 Å².